The standard InChI is InChI=1S/C23H29NO5S/c1-2-3-4-5-18-6-8-19(9-7-18)20-10-12-21(13-11-20)30(27,28)23(22(25)24-26)14-16-29-17-15-23/h6-13,26H,2-5,14-17H2,1H3,(H,24,25). The number of hydrogen-bond donors (Lipinski definition) is 2. The second-order valence-electron chi connectivity index (χ2n) is 7.73. The Morgan fingerprint density at radius 3 is 2.10 bits per heavy atom. The van der Waals surface area contributed by atoms with Crippen molar-refractivity contribution in [2.45, 2.75) is 55.1 Å². The largest absolute Gasteiger partial charge is 0.381 e. The molecule has 2 aromatic carbocycles. The van der Waals surface area contributed by atoms with Crippen LogP contribution in [0.15, 0.2) is 53.4 Å². The van der Waals surface area contributed by atoms with Crippen molar-refractivity contribution < 1.29 is 23.2 Å². The molecule has 1 saturated heterocycles. The SMILES string of the molecule is CCCCCc1ccc(-c2ccc(S(=O)(=O)C3(C(=O)NO)CCOCC3)cc2)cc1. The number of ether oxygens (including phenoxy) is 1. The van der Waals surface area contributed by atoms with Crippen LogP contribution in [0, 0.1) is 0 Å². The van der Waals surface area contributed by atoms with Crippen molar-refractivity contribution in [3.63, 3.8) is 0 Å². The van der Waals surface area contributed by atoms with Crippen LogP contribution >= 0.6 is 0 Å². The van der Waals surface area contributed by atoms with Gasteiger partial charge < -0.3 is 4.74 Å². The summed E-state index contributed by atoms with van der Waals surface area (Å²) in [5, 5.41) is 9.14. The average Bonchev–Trinajstić information content (AvgIpc) is 2.79. The maximum atomic E-state index is 13.3. The Bertz CT molecular complexity index is 946. The molecule has 6 nitrogen and oxygen atoms in total. The smallest absolute Gasteiger partial charge is 0.265 e. The van der Waals surface area contributed by atoms with E-state index in [-0.39, 0.29) is 31.0 Å². The predicted molar refractivity (Wildman–Crippen MR) is 115 cm³/mol. The van der Waals surface area contributed by atoms with Gasteiger partial charge in [0.15, 0.2) is 14.6 Å². The third kappa shape index (κ3) is 4.43. The van der Waals surface area contributed by atoms with Crippen molar-refractivity contribution in [2.75, 3.05) is 13.2 Å². The van der Waals surface area contributed by atoms with Crippen molar-refractivity contribution in [3.8, 4) is 11.1 Å². The molecule has 1 aliphatic heterocycles. The molecule has 0 aliphatic carbocycles. The van der Waals surface area contributed by atoms with E-state index in [1.54, 1.807) is 12.1 Å². The Hall–Kier alpha value is -2.22. The van der Waals surface area contributed by atoms with E-state index in [0.29, 0.717) is 0 Å². The lowest BCUT2D eigenvalue weighted by molar-refractivity contribution is -0.134. The molecule has 1 heterocycles. The first-order valence-corrected chi connectivity index (χ1v) is 11.9. The summed E-state index contributed by atoms with van der Waals surface area (Å²) in [4.78, 5) is 12.4. The van der Waals surface area contributed by atoms with Crippen LogP contribution in [0.1, 0.15) is 44.6 Å². The molecule has 0 saturated carbocycles. The summed E-state index contributed by atoms with van der Waals surface area (Å²) >= 11 is 0. The highest BCUT2D eigenvalue weighted by Gasteiger charge is 2.52. The van der Waals surface area contributed by atoms with Crippen LogP contribution in [0.3, 0.4) is 0 Å². The second kappa shape index (κ2) is 9.73. The van der Waals surface area contributed by atoms with Crippen molar-refractivity contribution >= 4 is 15.7 Å². The number of benzene rings is 2. The molecule has 2 N–H and O–H groups in total. The minimum atomic E-state index is -4.01. The fraction of sp³-hybridized carbons (Fsp3) is 0.435. The molecule has 1 aliphatic rings. The monoisotopic (exact) mass is 431 g/mol. The summed E-state index contributed by atoms with van der Waals surface area (Å²) in [7, 11) is -4.01. The van der Waals surface area contributed by atoms with Crippen molar-refractivity contribution in [1.82, 2.24) is 5.48 Å². The first-order valence-electron chi connectivity index (χ1n) is 10.4. The van der Waals surface area contributed by atoms with Gasteiger partial charge in [0.2, 0.25) is 0 Å². The molecular weight excluding hydrogens is 402 g/mol. The number of carbonyl (C=O) groups is 1. The molecule has 0 unspecified atom stereocenters. The van der Waals surface area contributed by atoms with Crippen LogP contribution < -0.4 is 5.48 Å². The van der Waals surface area contributed by atoms with Gasteiger partial charge >= 0.3 is 0 Å². The molecule has 2 aromatic rings. The first-order chi connectivity index (χ1) is 14.4. The molecule has 0 bridgehead atoms. The van der Waals surface area contributed by atoms with Crippen molar-refractivity contribution in [3.05, 3.63) is 54.1 Å². The predicted octanol–water partition coefficient (Wildman–Crippen LogP) is 3.91. The zero-order chi connectivity index (χ0) is 21.6. The Morgan fingerprint density at radius 1 is 1.00 bits per heavy atom. The maximum absolute atomic E-state index is 13.3. The molecule has 3 rings (SSSR count). The highest BCUT2D eigenvalue weighted by Crippen LogP contribution is 2.36. The summed E-state index contributed by atoms with van der Waals surface area (Å²) in [6.07, 6.45) is 4.66. The normalized spacial score (nSPS) is 16.2. The van der Waals surface area contributed by atoms with Gasteiger partial charge in [-0.2, -0.15) is 0 Å². The molecule has 0 spiro atoms. The number of nitrogens with one attached hydrogen (secondary N) is 1. The van der Waals surface area contributed by atoms with Gasteiger partial charge in [-0.15, -0.1) is 0 Å². The molecule has 1 amide bonds. The first kappa shape index (κ1) is 22.5. The molecular formula is C23H29NO5S. The van der Waals surface area contributed by atoms with Gasteiger partial charge in [-0.05, 0) is 54.5 Å². The molecule has 30 heavy (non-hydrogen) atoms. The van der Waals surface area contributed by atoms with E-state index >= 15 is 0 Å². The van der Waals surface area contributed by atoms with Crippen LogP contribution in [0.25, 0.3) is 11.1 Å². The van der Waals surface area contributed by atoms with E-state index in [0.717, 1.165) is 17.5 Å². The molecule has 0 aromatic heterocycles. The van der Waals surface area contributed by atoms with Gasteiger partial charge in [0, 0.05) is 13.2 Å². The third-order valence-corrected chi connectivity index (χ3v) is 8.37. The van der Waals surface area contributed by atoms with Gasteiger partial charge in [-0.1, -0.05) is 56.2 Å². The van der Waals surface area contributed by atoms with Gasteiger partial charge in [0.1, 0.15) is 0 Å². The summed E-state index contributed by atoms with van der Waals surface area (Å²) in [5.74, 6) is -0.909. The van der Waals surface area contributed by atoms with Gasteiger partial charge in [0.25, 0.3) is 5.91 Å². The number of sulfone groups is 1. The van der Waals surface area contributed by atoms with Crippen LogP contribution in [0.4, 0.5) is 0 Å². The van der Waals surface area contributed by atoms with E-state index in [1.807, 2.05) is 12.1 Å². The average molecular weight is 432 g/mol. The Morgan fingerprint density at radius 2 is 1.57 bits per heavy atom. The minimum Gasteiger partial charge on any atom is -0.381 e. The Balaban J connectivity index is 1.83. The lowest BCUT2D eigenvalue weighted by Gasteiger charge is -2.34. The number of unbranched alkanes of at least 4 members (excludes halogenated alkanes) is 2. The number of hydrogen-bond acceptors (Lipinski definition) is 5. The fourth-order valence-corrected chi connectivity index (χ4v) is 5.86. The number of hydroxylamine groups is 1. The fourth-order valence-electron chi connectivity index (χ4n) is 3.92. The van der Waals surface area contributed by atoms with Crippen LogP contribution in [0.5, 0.6) is 0 Å². The summed E-state index contributed by atoms with van der Waals surface area (Å²) < 4.78 is 30.1. The van der Waals surface area contributed by atoms with E-state index in [1.165, 1.54) is 42.4 Å². The summed E-state index contributed by atoms with van der Waals surface area (Å²) in [6.45, 7) is 2.48. The lowest BCUT2D eigenvalue weighted by Crippen LogP contribution is -2.54. The quantitative estimate of drug-likeness (QED) is 0.375. The number of rotatable bonds is 8. The second-order valence-corrected chi connectivity index (χ2v) is 9.99. The van der Waals surface area contributed by atoms with Gasteiger partial charge in [0.05, 0.1) is 4.90 Å². The number of amides is 1. The van der Waals surface area contributed by atoms with Crippen LogP contribution in [0.2, 0.25) is 0 Å². The highest BCUT2D eigenvalue weighted by atomic mass is 32.2. The van der Waals surface area contributed by atoms with Gasteiger partial charge in [-0.25, -0.2) is 13.9 Å². The van der Waals surface area contributed by atoms with E-state index < -0.39 is 20.5 Å². The zero-order valence-corrected chi connectivity index (χ0v) is 18.1. The molecule has 162 valence electrons. The Kier molecular flexibility index (Phi) is 7.28. The highest BCUT2D eigenvalue weighted by molar-refractivity contribution is 7.93. The Labute approximate surface area is 178 Å². The zero-order valence-electron chi connectivity index (χ0n) is 17.3. The minimum absolute atomic E-state index is 0.00295. The molecule has 0 atom stereocenters. The maximum Gasteiger partial charge on any atom is 0.265 e. The topological polar surface area (TPSA) is 92.7 Å². The number of aryl methyl sites for hydroxylation is 1. The number of carbonyl (C=O) groups excluding carboxylic acids is 1. The van der Waals surface area contributed by atoms with E-state index in [2.05, 4.69) is 19.1 Å². The lowest BCUT2D eigenvalue weighted by atomic mass is 9.98. The van der Waals surface area contributed by atoms with Crippen molar-refractivity contribution in [2.24, 2.45) is 0 Å². The van der Waals surface area contributed by atoms with Crippen LogP contribution in [-0.4, -0.2) is 37.5 Å². The molecule has 0 radical (unpaired) electrons. The molecule has 1 fully saturated rings. The summed E-state index contributed by atoms with van der Waals surface area (Å²) in [5.41, 5.74) is 4.74. The summed E-state index contributed by atoms with van der Waals surface area (Å²) in [6, 6.07) is 14.9. The third-order valence-electron chi connectivity index (χ3n) is 5.85. The van der Waals surface area contributed by atoms with E-state index in [4.69, 9.17) is 9.94 Å². The van der Waals surface area contributed by atoms with E-state index in [9.17, 15) is 13.2 Å². The molecule has 7 heteroatoms. The van der Waals surface area contributed by atoms with Gasteiger partial charge in [-0.3, -0.25) is 10.0 Å². The van der Waals surface area contributed by atoms with Crippen molar-refractivity contribution in [1.29, 1.82) is 0 Å². The van der Waals surface area contributed by atoms with Crippen LogP contribution in [-0.2, 0) is 25.8 Å².